The van der Waals surface area contributed by atoms with E-state index in [1.54, 1.807) is 11.8 Å². The first kappa shape index (κ1) is 12.2. The van der Waals surface area contributed by atoms with Crippen molar-refractivity contribution in [1.82, 2.24) is 0 Å². The first-order chi connectivity index (χ1) is 7.22. The van der Waals surface area contributed by atoms with Crippen molar-refractivity contribution in [3.8, 4) is 0 Å². The monoisotopic (exact) mass is 244 g/mol. The SMILES string of the molecule is N/C(CCCSc1ccc(Cl)cc1)=N\O. The number of halogens is 1. The first-order valence-corrected chi connectivity index (χ1v) is 5.93. The van der Waals surface area contributed by atoms with Gasteiger partial charge in [-0.2, -0.15) is 0 Å². The fourth-order valence-electron chi connectivity index (χ4n) is 1.02. The number of nitrogens with zero attached hydrogens (tertiary/aromatic N) is 1. The summed E-state index contributed by atoms with van der Waals surface area (Å²) in [5, 5.41) is 12.0. The Balaban J connectivity index is 2.23. The van der Waals surface area contributed by atoms with Gasteiger partial charge in [-0.25, -0.2) is 0 Å². The highest BCUT2D eigenvalue weighted by Gasteiger charge is 1.96. The van der Waals surface area contributed by atoms with Crippen LogP contribution in [0.15, 0.2) is 34.3 Å². The van der Waals surface area contributed by atoms with Crippen LogP contribution < -0.4 is 5.73 Å². The molecule has 0 bridgehead atoms. The quantitative estimate of drug-likeness (QED) is 0.209. The van der Waals surface area contributed by atoms with Gasteiger partial charge >= 0.3 is 0 Å². The van der Waals surface area contributed by atoms with Crippen LogP contribution in [0.4, 0.5) is 0 Å². The molecule has 0 aliphatic rings. The molecule has 3 nitrogen and oxygen atoms in total. The summed E-state index contributed by atoms with van der Waals surface area (Å²) in [6.45, 7) is 0. The van der Waals surface area contributed by atoms with Crippen molar-refractivity contribution in [3.05, 3.63) is 29.3 Å². The molecule has 0 fully saturated rings. The van der Waals surface area contributed by atoms with Gasteiger partial charge in [0.05, 0.1) is 0 Å². The maximum atomic E-state index is 8.32. The zero-order valence-electron chi connectivity index (χ0n) is 8.19. The molecule has 0 spiro atoms. The second-order valence-electron chi connectivity index (χ2n) is 3.00. The van der Waals surface area contributed by atoms with Crippen molar-refractivity contribution >= 4 is 29.2 Å². The summed E-state index contributed by atoms with van der Waals surface area (Å²) < 4.78 is 0. The number of thioether (sulfide) groups is 1. The summed E-state index contributed by atoms with van der Waals surface area (Å²) in [5.74, 6) is 1.23. The van der Waals surface area contributed by atoms with E-state index in [4.69, 9.17) is 22.5 Å². The molecule has 0 atom stereocenters. The van der Waals surface area contributed by atoms with E-state index in [-0.39, 0.29) is 5.84 Å². The molecule has 0 aliphatic carbocycles. The van der Waals surface area contributed by atoms with Gasteiger partial charge in [-0.3, -0.25) is 0 Å². The topological polar surface area (TPSA) is 58.6 Å². The molecule has 1 aromatic carbocycles. The van der Waals surface area contributed by atoms with Crippen molar-refractivity contribution in [1.29, 1.82) is 0 Å². The highest BCUT2D eigenvalue weighted by Crippen LogP contribution is 2.21. The summed E-state index contributed by atoms with van der Waals surface area (Å²) in [6, 6.07) is 7.70. The van der Waals surface area contributed by atoms with E-state index >= 15 is 0 Å². The lowest BCUT2D eigenvalue weighted by Crippen LogP contribution is -2.11. The molecular weight excluding hydrogens is 232 g/mol. The Morgan fingerprint density at radius 1 is 1.40 bits per heavy atom. The lowest BCUT2D eigenvalue weighted by Gasteiger charge is -2.01. The molecule has 0 saturated carbocycles. The third-order valence-corrected chi connectivity index (χ3v) is 3.14. The van der Waals surface area contributed by atoms with Crippen molar-refractivity contribution in [2.45, 2.75) is 17.7 Å². The summed E-state index contributed by atoms with van der Waals surface area (Å²) in [4.78, 5) is 1.18. The van der Waals surface area contributed by atoms with Crippen LogP contribution in [0, 0.1) is 0 Å². The van der Waals surface area contributed by atoms with Gasteiger partial charge in [0, 0.05) is 16.3 Å². The van der Waals surface area contributed by atoms with Crippen LogP contribution in [0.3, 0.4) is 0 Å². The fourth-order valence-corrected chi connectivity index (χ4v) is 2.00. The Morgan fingerprint density at radius 3 is 2.67 bits per heavy atom. The van der Waals surface area contributed by atoms with Crippen molar-refractivity contribution in [2.24, 2.45) is 10.9 Å². The van der Waals surface area contributed by atoms with Crippen molar-refractivity contribution in [3.63, 3.8) is 0 Å². The van der Waals surface area contributed by atoms with Gasteiger partial charge < -0.3 is 10.9 Å². The van der Waals surface area contributed by atoms with Gasteiger partial charge in [-0.1, -0.05) is 16.8 Å². The Labute approximate surface area is 98.3 Å². The Bertz CT molecular complexity index is 327. The second-order valence-corrected chi connectivity index (χ2v) is 4.60. The number of benzene rings is 1. The molecule has 0 saturated heterocycles. The lowest BCUT2D eigenvalue weighted by molar-refractivity contribution is 0.317. The van der Waals surface area contributed by atoms with Crippen LogP contribution >= 0.6 is 23.4 Å². The molecule has 15 heavy (non-hydrogen) atoms. The second kappa shape index (κ2) is 6.58. The predicted octanol–water partition coefficient (Wildman–Crippen LogP) is 2.96. The third-order valence-electron chi connectivity index (χ3n) is 1.79. The maximum absolute atomic E-state index is 8.32. The lowest BCUT2D eigenvalue weighted by atomic mass is 10.3. The van der Waals surface area contributed by atoms with E-state index in [9.17, 15) is 0 Å². The zero-order valence-corrected chi connectivity index (χ0v) is 9.76. The Kier molecular flexibility index (Phi) is 5.36. The van der Waals surface area contributed by atoms with Crippen LogP contribution in [0.2, 0.25) is 5.02 Å². The van der Waals surface area contributed by atoms with E-state index < -0.39 is 0 Å². The summed E-state index contributed by atoms with van der Waals surface area (Å²) in [6.07, 6.45) is 1.51. The van der Waals surface area contributed by atoms with Crippen LogP contribution in [0.25, 0.3) is 0 Å². The molecule has 82 valence electrons. The molecular formula is C10H13ClN2OS. The summed E-state index contributed by atoms with van der Waals surface area (Å²) in [7, 11) is 0. The number of rotatable bonds is 5. The molecule has 1 aromatic rings. The maximum Gasteiger partial charge on any atom is 0.139 e. The van der Waals surface area contributed by atoms with Gasteiger partial charge in [-0.05, 0) is 36.4 Å². The van der Waals surface area contributed by atoms with Crippen LogP contribution in [0.5, 0.6) is 0 Å². The van der Waals surface area contributed by atoms with Gasteiger partial charge in [-0.15, -0.1) is 11.8 Å². The van der Waals surface area contributed by atoms with Gasteiger partial charge in [0.15, 0.2) is 0 Å². The number of hydrogen-bond acceptors (Lipinski definition) is 3. The minimum Gasteiger partial charge on any atom is -0.409 e. The normalized spacial score (nSPS) is 11.7. The smallest absolute Gasteiger partial charge is 0.139 e. The Morgan fingerprint density at radius 2 is 2.07 bits per heavy atom. The summed E-state index contributed by atoms with van der Waals surface area (Å²) in [5.41, 5.74) is 5.35. The van der Waals surface area contributed by atoms with E-state index in [0.717, 1.165) is 17.2 Å². The third kappa shape index (κ3) is 4.95. The average Bonchev–Trinajstić information content (AvgIpc) is 2.26. The summed E-state index contributed by atoms with van der Waals surface area (Å²) >= 11 is 7.49. The van der Waals surface area contributed by atoms with E-state index in [2.05, 4.69) is 5.16 Å². The molecule has 0 heterocycles. The van der Waals surface area contributed by atoms with Gasteiger partial charge in [0.25, 0.3) is 0 Å². The molecule has 3 N–H and O–H groups in total. The minimum absolute atomic E-state index is 0.284. The molecule has 5 heteroatoms. The molecule has 0 amide bonds. The molecule has 0 unspecified atom stereocenters. The fraction of sp³-hybridized carbons (Fsp3) is 0.300. The van der Waals surface area contributed by atoms with Crippen LogP contribution in [0.1, 0.15) is 12.8 Å². The highest BCUT2D eigenvalue weighted by molar-refractivity contribution is 7.99. The van der Waals surface area contributed by atoms with E-state index in [1.165, 1.54) is 4.90 Å². The zero-order chi connectivity index (χ0) is 11.1. The minimum atomic E-state index is 0.284. The highest BCUT2D eigenvalue weighted by atomic mass is 35.5. The average molecular weight is 245 g/mol. The van der Waals surface area contributed by atoms with Gasteiger partial charge in [0.2, 0.25) is 0 Å². The molecule has 1 rings (SSSR count). The molecule has 0 radical (unpaired) electrons. The Hall–Kier alpha value is -0.870. The van der Waals surface area contributed by atoms with Crippen molar-refractivity contribution < 1.29 is 5.21 Å². The number of oxime groups is 1. The molecule has 0 aliphatic heterocycles. The van der Waals surface area contributed by atoms with Crippen molar-refractivity contribution in [2.75, 3.05) is 5.75 Å². The largest absolute Gasteiger partial charge is 0.409 e. The number of hydrogen-bond donors (Lipinski definition) is 2. The van der Waals surface area contributed by atoms with E-state index in [1.807, 2.05) is 24.3 Å². The first-order valence-electron chi connectivity index (χ1n) is 4.57. The van der Waals surface area contributed by atoms with Crippen LogP contribution in [-0.4, -0.2) is 16.8 Å². The number of nitrogens with two attached hydrogens (primary N) is 1. The molecule has 0 aromatic heterocycles. The van der Waals surface area contributed by atoms with E-state index in [0.29, 0.717) is 6.42 Å². The van der Waals surface area contributed by atoms with Gasteiger partial charge in [0.1, 0.15) is 5.84 Å². The number of amidine groups is 1. The standard InChI is InChI=1S/C10H13ClN2OS/c11-8-3-5-9(6-4-8)15-7-1-2-10(12)13-14/h3-6,14H,1-2,7H2,(H2,12,13). The predicted molar refractivity (Wildman–Crippen MR) is 64.8 cm³/mol. The van der Waals surface area contributed by atoms with Crippen LogP contribution in [-0.2, 0) is 0 Å².